The molecule has 0 atom stereocenters. The highest BCUT2D eigenvalue weighted by Gasteiger charge is 2.07. The third-order valence-corrected chi connectivity index (χ3v) is 2.92. The molecule has 0 unspecified atom stereocenters. The topological polar surface area (TPSA) is 96.8 Å². The summed E-state index contributed by atoms with van der Waals surface area (Å²) in [6.07, 6.45) is 1.62. The fraction of sp³-hybridized carbons (Fsp3) is 0.125. The lowest BCUT2D eigenvalue weighted by molar-refractivity contribution is -0.456. The Hall–Kier alpha value is -3.09. The molecular formula is C16H18FN4O2+. The molecule has 2 aromatic carbocycles. The molecule has 0 aliphatic rings. The van der Waals surface area contributed by atoms with Crippen LogP contribution < -0.4 is 26.0 Å². The number of hydrogen-bond donors (Lipinski definition) is 3. The Morgan fingerprint density at radius 2 is 1.91 bits per heavy atom. The third kappa shape index (κ3) is 4.99. The van der Waals surface area contributed by atoms with E-state index in [9.17, 15) is 4.39 Å². The molecule has 0 spiro atoms. The van der Waals surface area contributed by atoms with Gasteiger partial charge in [-0.05, 0) is 35.9 Å². The van der Waals surface area contributed by atoms with Gasteiger partial charge in [0.2, 0.25) is 6.21 Å². The van der Waals surface area contributed by atoms with E-state index in [0.717, 1.165) is 11.1 Å². The van der Waals surface area contributed by atoms with E-state index in [1.54, 1.807) is 37.6 Å². The first-order valence-corrected chi connectivity index (χ1v) is 6.81. The lowest BCUT2D eigenvalue weighted by Crippen LogP contribution is -2.63. The van der Waals surface area contributed by atoms with Gasteiger partial charge in [0, 0.05) is 10.7 Å². The second kappa shape index (κ2) is 7.79. The largest absolute Gasteiger partial charge is 0.493 e. The van der Waals surface area contributed by atoms with E-state index >= 15 is 0 Å². The number of hydrazone groups is 1. The maximum absolute atomic E-state index is 12.9. The molecule has 2 rings (SSSR count). The average molecular weight is 317 g/mol. The molecule has 0 saturated carbocycles. The molecule has 23 heavy (non-hydrogen) atoms. The minimum absolute atomic E-state index is 0.0625. The number of rotatable bonds is 6. The van der Waals surface area contributed by atoms with E-state index in [1.165, 1.54) is 12.1 Å². The quantitative estimate of drug-likeness (QED) is 0.400. The lowest BCUT2D eigenvalue weighted by atomic mass is 10.2. The summed E-state index contributed by atoms with van der Waals surface area (Å²) in [7, 11) is 1.55. The van der Waals surface area contributed by atoms with Crippen molar-refractivity contribution in [1.82, 2.24) is 0 Å². The second-order valence-electron chi connectivity index (χ2n) is 4.64. The summed E-state index contributed by atoms with van der Waals surface area (Å²) in [6, 6.07) is 11.5. The molecule has 6 nitrogen and oxygen atoms in total. The van der Waals surface area contributed by atoms with Crippen LogP contribution in [0.15, 0.2) is 47.6 Å². The zero-order valence-corrected chi connectivity index (χ0v) is 12.6. The summed E-state index contributed by atoms with van der Waals surface area (Å²) in [5.74, 6) is 0.801. The van der Waals surface area contributed by atoms with Crippen molar-refractivity contribution in [2.45, 2.75) is 6.61 Å². The molecule has 5 N–H and O–H groups in total. The van der Waals surface area contributed by atoms with Crippen LogP contribution in [0.25, 0.3) is 0 Å². The highest BCUT2D eigenvalue weighted by Crippen LogP contribution is 2.28. The summed E-state index contributed by atoms with van der Waals surface area (Å²) in [5.41, 5.74) is 12.1. The predicted molar refractivity (Wildman–Crippen MR) is 85.7 cm³/mol. The Bertz CT molecular complexity index is 711. The van der Waals surface area contributed by atoms with Gasteiger partial charge in [-0.15, -0.1) is 5.10 Å². The monoisotopic (exact) mass is 317 g/mol. The number of benzene rings is 2. The van der Waals surface area contributed by atoms with E-state index in [4.69, 9.17) is 20.9 Å². The van der Waals surface area contributed by atoms with Crippen LogP contribution in [0.5, 0.6) is 11.5 Å². The molecule has 0 amide bonds. The smallest absolute Gasteiger partial charge is 0.256 e. The van der Waals surface area contributed by atoms with Crippen molar-refractivity contribution in [3.05, 3.63) is 59.4 Å². The van der Waals surface area contributed by atoms with Crippen molar-refractivity contribution in [3.63, 3.8) is 0 Å². The first kappa shape index (κ1) is 16.3. The summed E-state index contributed by atoms with van der Waals surface area (Å²) >= 11 is 0. The number of hydrogen-bond acceptors (Lipinski definition) is 3. The third-order valence-electron chi connectivity index (χ3n) is 2.92. The number of nitrogens with two attached hydrogens (primary N) is 2. The van der Waals surface area contributed by atoms with Gasteiger partial charge in [0.25, 0.3) is 5.96 Å². The van der Waals surface area contributed by atoms with Crippen molar-refractivity contribution in [2.75, 3.05) is 7.11 Å². The summed E-state index contributed by atoms with van der Waals surface area (Å²) in [5, 5.41) is 6.26. The van der Waals surface area contributed by atoms with Gasteiger partial charge in [-0.25, -0.2) is 4.39 Å². The summed E-state index contributed by atoms with van der Waals surface area (Å²) in [6.45, 7) is 0.311. The van der Waals surface area contributed by atoms with Crippen LogP contribution in [0.3, 0.4) is 0 Å². The van der Waals surface area contributed by atoms with Gasteiger partial charge in [0.15, 0.2) is 11.5 Å². The molecule has 0 aromatic heterocycles. The van der Waals surface area contributed by atoms with Crippen molar-refractivity contribution >= 4 is 12.2 Å². The molecule has 7 heteroatoms. The van der Waals surface area contributed by atoms with Gasteiger partial charge in [-0.2, -0.15) is 0 Å². The predicted octanol–water partition coefficient (Wildman–Crippen LogP) is 0.101. The first-order chi connectivity index (χ1) is 11.1. The Morgan fingerprint density at radius 3 is 2.57 bits per heavy atom. The highest BCUT2D eigenvalue weighted by atomic mass is 19.1. The fourth-order valence-corrected chi connectivity index (χ4v) is 1.82. The van der Waals surface area contributed by atoms with Crippen molar-refractivity contribution in [1.29, 1.82) is 0 Å². The van der Waals surface area contributed by atoms with E-state index in [2.05, 4.69) is 10.2 Å². The number of nitrogens with zero attached hydrogens (tertiary/aromatic N) is 1. The minimum atomic E-state index is -0.278. The van der Waals surface area contributed by atoms with Crippen LogP contribution in [0.1, 0.15) is 11.1 Å². The fourth-order valence-electron chi connectivity index (χ4n) is 1.82. The number of ether oxygens (including phenoxy) is 2. The second-order valence-corrected chi connectivity index (χ2v) is 4.64. The van der Waals surface area contributed by atoms with Crippen LogP contribution in [0.2, 0.25) is 0 Å². The van der Waals surface area contributed by atoms with E-state index in [1.807, 2.05) is 6.07 Å². The molecule has 120 valence electrons. The maximum atomic E-state index is 12.9. The molecule has 0 heterocycles. The molecule has 0 aliphatic carbocycles. The molecule has 0 saturated heterocycles. The number of halogens is 1. The number of methoxy groups -OCH3 is 1. The van der Waals surface area contributed by atoms with E-state index < -0.39 is 0 Å². The van der Waals surface area contributed by atoms with Gasteiger partial charge in [0.05, 0.1) is 7.11 Å². The van der Waals surface area contributed by atoms with Crippen molar-refractivity contribution in [2.24, 2.45) is 16.6 Å². The molecule has 2 aromatic rings. The number of guanidine groups is 1. The SMILES string of the molecule is COc1cc(/C=[NH+]\N=C(N)N)ccc1OCc1ccc(F)cc1. The van der Waals surface area contributed by atoms with Gasteiger partial charge in [-0.3, -0.25) is 0 Å². The van der Waals surface area contributed by atoms with Gasteiger partial charge >= 0.3 is 0 Å². The van der Waals surface area contributed by atoms with Crippen molar-refractivity contribution in [3.8, 4) is 11.5 Å². The van der Waals surface area contributed by atoms with Gasteiger partial charge in [-0.1, -0.05) is 12.1 Å². The standard InChI is InChI=1S/C16H17FN4O2/c1-22-15-8-12(9-20-21-16(18)19)4-7-14(15)23-10-11-2-5-13(17)6-3-11/h2-9H,10H2,1H3,(H4,18,19,21)/p+1/b20-9-. The van der Waals surface area contributed by atoms with Crippen LogP contribution in [0.4, 0.5) is 4.39 Å². The maximum Gasteiger partial charge on any atom is 0.256 e. The normalized spacial score (nSPS) is 10.5. The average Bonchev–Trinajstić information content (AvgIpc) is 2.54. The van der Waals surface area contributed by atoms with Crippen LogP contribution in [0, 0.1) is 5.82 Å². The summed E-state index contributed by atoms with van der Waals surface area (Å²) < 4.78 is 23.9. The first-order valence-electron chi connectivity index (χ1n) is 6.81. The molecule has 0 aliphatic heterocycles. The highest BCUT2D eigenvalue weighted by molar-refractivity contribution is 5.78. The van der Waals surface area contributed by atoms with E-state index in [0.29, 0.717) is 18.1 Å². The van der Waals surface area contributed by atoms with Gasteiger partial charge in [0.1, 0.15) is 12.4 Å². The van der Waals surface area contributed by atoms with Crippen molar-refractivity contribution < 1.29 is 19.0 Å². The lowest BCUT2D eigenvalue weighted by Gasteiger charge is -2.11. The Balaban J connectivity index is 2.08. The molecule has 0 radical (unpaired) electrons. The van der Waals surface area contributed by atoms with Crippen LogP contribution in [-0.2, 0) is 6.61 Å². The van der Waals surface area contributed by atoms with Crippen LogP contribution >= 0.6 is 0 Å². The van der Waals surface area contributed by atoms with Crippen LogP contribution in [-0.4, -0.2) is 19.3 Å². The Kier molecular flexibility index (Phi) is 5.51. The molecule has 0 bridgehead atoms. The van der Waals surface area contributed by atoms with Gasteiger partial charge < -0.3 is 20.9 Å². The molecule has 0 fully saturated rings. The Morgan fingerprint density at radius 1 is 1.17 bits per heavy atom. The summed E-state index contributed by atoms with van der Waals surface area (Å²) in [4.78, 5) is 0. The zero-order valence-electron chi connectivity index (χ0n) is 12.6. The van der Waals surface area contributed by atoms with E-state index in [-0.39, 0.29) is 11.8 Å². The molecular weight excluding hydrogens is 299 g/mol. The minimum Gasteiger partial charge on any atom is -0.493 e. The number of nitrogens with one attached hydrogen (secondary N) is 1. The Labute approximate surface area is 133 Å². The zero-order chi connectivity index (χ0) is 16.7.